The molecule has 16 heavy (non-hydrogen) atoms. The zero-order valence-corrected chi connectivity index (χ0v) is 10.7. The topological polar surface area (TPSA) is 21.3 Å². The first-order valence-corrected chi connectivity index (χ1v) is 6.16. The van der Waals surface area contributed by atoms with Crippen LogP contribution in [0, 0.1) is 6.92 Å². The van der Waals surface area contributed by atoms with Gasteiger partial charge in [-0.3, -0.25) is 0 Å². The minimum absolute atomic E-state index is 0.932. The third kappa shape index (κ3) is 4.13. The van der Waals surface area contributed by atoms with Crippen LogP contribution < -0.4 is 10.1 Å². The Hall–Kier alpha value is -1.18. The molecule has 1 rings (SSSR count). The summed E-state index contributed by atoms with van der Waals surface area (Å²) in [6, 6.07) is 6.23. The molecule has 0 aliphatic carbocycles. The fourth-order valence-corrected chi connectivity index (χ4v) is 1.73. The van der Waals surface area contributed by atoms with E-state index in [-0.39, 0.29) is 0 Å². The first kappa shape index (κ1) is 12.9. The number of nitrogens with one attached hydrogen (secondary N) is 1. The predicted molar refractivity (Wildman–Crippen MR) is 70.4 cm³/mol. The molecule has 0 aromatic heterocycles. The van der Waals surface area contributed by atoms with Crippen molar-refractivity contribution in [2.24, 2.45) is 0 Å². The molecule has 0 radical (unpaired) electrons. The maximum atomic E-state index is 5.32. The molecule has 0 amide bonds. The van der Waals surface area contributed by atoms with Gasteiger partial charge in [-0.05, 0) is 31.0 Å². The highest BCUT2D eigenvalue weighted by molar-refractivity contribution is 5.57. The third-order valence-electron chi connectivity index (χ3n) is 2.70. The third-order valence-corrected chi connectivity index (χ3v) is 2.70. The van der Waals surface area contributed by atoms with Crippen molar-refractivity contribution >= 4 is 5.69 Å². The predicted octanol–water partition coefficient (Wildman–Crippen LogP) is 4.00. The van der Waals surface area contributed by atoms with Gasteiger partial charge < -0.3 is 10.1 Å². The Morgan fingerprint density at radius 1 is 1.19 bits per heavy atom. The van der Waals surface area contributed by atoms with Crippen LogP contribution in [0.2, 0.25) is 0 Å². The quantitative estimate of drug-likeness (QED) is 0.703. The summed E-state index contributed by atoms with van der Waals surface area (Å²) in [7, 11) is 1.72. The molecule has 0 aliphatic heterocycles. The van der Waals surface area contributed by atoms with Crippen molar-refractivity contribution in [1.29, 1.82) is 0 Å². The van der Waals surface area contributed by atoms with E-state index in [4.69, 9.17) is 4.74 Å². The molecule has 0 heterocycles. The van der Waals surface area contributed by atoms with Crippen molar-refractivity contribution in [3.8, 4) is 5.75 Å². The van der Waals surface area contributed by atoms with Crippen molar-refractivity contribution in [3.05, 3.63) is 23.8 Å². The van der Waals surface area contributed by atoms with Gasteiger partial charge in [0.15, 0.2) is 0 Å². The second-order valence-corrected chi connectivity index (χ2v) is 4.19. The summed E-state index contributed by atoms with van der Waals surface area (Å²) in [5.74, 6) is 0.932. The highest BCUT2D eigenvalue weighted by Gasteiger charge is 2.01. The average Bonchev–Trinajstić information content (AvgIpc) is 2.29. The van der Waals surface area contributed by atoms with Gasteiger partial charge in [0.2, 0.25) is 0 Å². The lowest BCUT2D eigenvalue weighted by Crippen LogP contribution is -2.03. The van der Waals surface area contributed by atoms with Gasteiger partial charge in [0, 0.05) is 6.54 Å². The van der Waals surface area contributed by atoms with Gasteiger partial charge in [0.1, 0.15) is 5.75 Å². The van der Waals surface area contributed by atoms with E-state index in [1.54, 1.807) is 7.11 Å². The summed E-state index contributed by atoms with van der Waals surface area (Å²) in [5, 5.41) is 3.44. The second kappa shape index (κ2) is 7.15. The number of unbranched alkanes of at least 4 members (excludes halogenated alkanes) is 3. The number of hydrogen-bond acceptors (Lipinski definition) is 2. The van der Waals surface area contributed by atoms with E-state index in [1.165, 1.54) is 31.2 Å². The Bertz CT molecular complexity index is 310. The summed E-state index contributed by atoms with van der Waals surface area (Å²) in [6.45, 7) is 5.36. The van der Waals surface area contributed by atoms with Crippen LogP contribution in [0.3, 0.4) is 0 Å². The first-order chi connectivity index (χ1) is 7.77. The van der Waals surface area contributed by atoms with Crippen LogP contribution in [-0.4, -0.2) is 13.7 Å². The van der Waals surface area contributed by atoms with Crippen molar-refractivity contribution in [2.75, 3.05) is 19.0 Å². The monoisotopic (exact) mass is 221 g/mol. The molecule has 2 nitrogen and oxygen atoms in total. The van der Waals surface area contributed by atoms with Crippen molar-refractivity contribution in [3.63, 3.8) is 0 Å². The largest absolute Gasteiger partial charge is 0.495 e. The molecule has 0 fully saturated rings. The van der Waals surface area contributed by atoms with E-state index >= 15 is 0 Å². The van der Waals surface area contributed by atoms with Crippen LogP contribution in [0.25, 0.3) is 0 Å². The van der Waals surface area contributed by atoms with Crippen LogP contribution in [0.1, 0.15) is 38.2 Å². The van der Waals surface area contributed by atoms with Gasteiger partial charge in [-0.15, -0.1) is 0 Å². The van der Waals surface area contributed by atoms with Crippen molar-refractivity contribution in [2.45, 2.75) is 39.5 Å². The van der Waals surface area contributed by atoms with E-state index in [9.17, 15) is 0 Å². The molecule has 0 aliphatic rings. The molecule has 2 heteroatoms. The first-order valence-electron chi connectivity index (χ1n) is 6.16. The van der Waals surface area contributed by atoms with E-state index in [1.807, 2.05) is 6.07 Å². The molecule has 0 saturated heterocycles. The van der Waals surface area contributed by atoms with Crippen molar-refractivity contribution in [1.82, 2.24) is 0 Å². The van der Waals surface area contributed by atoms with Crippen LogP contribution >= 0.6 is 0 Å². The summed E-state index contributed by atoms with van der Waals surface area (Å²) < 4.78 is 5.32. The zero-order chi connectivity index (χ0) is 11.8. The second-order valence-electron chi connectivity index (χ2n) is 4.19. The SMILES string of the molecule is CCCCCCNc1cc(C)ccc1OC. The average molecular weight is 221 g/mol. The lowest BCUT2D eigenvalue weighted by Gasteiger charge is -2.11. The van der Waals surface area contributed by atoms with Gasteiger partial charge in [-0.25, -0.2) is 0 Å². The molecule has 1 aromatic rings. The maximum absolute atomic E-state index is 5.32. The van der Waals surface area contributed by atoms with Crippen LogP contribution in [-0.2, 0) is 0 Å². The molecule has 90 valence electrons. The Balaban J connectivity index is 2.42. The number of aryl methyl sites for hydroxylation is 1. The number of anilines is 1. The molecule has 0 atom stereocenters. The number of rotatable bonds is 7. The van der Waals surface area contributed by atoms with Gasteiger partial charge >= 0.3 is 0 Å². The standard InChI is InChI=1S/C14H23NO/c1-4-5-6-7-10-15-13-11-12(2)8-9-14(13)16-3/h8-9,11,15H,4-7,10H2,1-3H3. The van der Waals surface area contributed by atoms with Crippen LogP contribution in [0.4, 0.5) is 5.69 Å². The molecular formula is C14H23NO. The minimum atomic E-state index is 0.932. The maximum Gasteiger partial charge on any atom is 0.141 e. The smallest absolute Gasteiger partial charge is 0.141 e. The van der Waals surface area contributed by atoms with E-state index < -0.39 is 0 Å². The lowest BCUT2D eigenvalue weighted by molar-refractivity contribution is 0.416. The molecule has 0 unspecified atom stereocenters. The van der Waals surface area contributed by atoms with E-state index in [0.717, 1.165) is 18.0 Å². The number of hydrogen-bond donors (Lipinski definition) is 1. The van der Waals surface area contributed by atoms with Gasteiger partial charge in [0.05, 0.1) is 12.8 Å². The molecule has 0 saturated carbocycles. The summed E-state index contributed by atoms with van der Waals surface area (Å²) in [4.78, 5) is 0. The van der Waals surface area contributed by atoms with Gasteiger partial charge in [-0.2, -0.15) is 0 Å². The highest BCUT2D eigenvalue weighted by atomic mass is 16.5. The summed E-state index contributed by atoms with van der Waals surface area (Å²) in [5.41, 5.74) is 2.37. The minimum Gasteiger partial charge on any atom is -0.495 e. The summed E-state index contributed by atoms with van der Waals surface area (Å²) >= 11 is 0. The fourth-order valence-electron chi connectivity index (χ4n) is 1.73. The zero-order valence-electron chi connectivity index (χ0n) is 10.7. The molecule has 1 N–H and O–H groups in total. The number of methoxy groups -OCH3 is 1. The van der Waals surface area contributed by atoms with E-state index in [0.29, 0.717) is 0 Å². The molecule has 1 aromatic carbocycles. The fraction of sp³-hybridized carbons (Fsp3) is 0.571. The Kier molecular flexibility index (Phi) is 5.76. The summed E-state index contributed by atoms with van der Waals surface area (Å²) in [6.07, 6.45) is 5.14. The van der Waals surface area contributed by atoms with E-state index in [2.05, 4.69) is 31.3 Å². The molecule has 0 spiro atoms. The van der Waals surface area contributed by atoms with Gasteiger partial charge in [0.25, 0.3) is 0 Å². The normalized spacial score (nSPS) is 10.2. The number of ether oxygens (including phenoxy) is 1. The molecule has 0 bridgehead atoms. The lowest BCUT2D eigenvalue weighted by atomic mass is 10.2. The van der Waals surface area contributed by atoms with Crippen molar-refractivity contribution < 1.29 is 4.74 Å². The highest BCUT2D eigenvalue weighted by Crippen LogP contribution is 2.25. The van der Waals surface area contributed by atoms with Crippen LogP contribution in [0.5, 0.6) is 5.75 Å². The Labute approximate surface area is 99.0 Å². The van der Waals surface area contributed by atoms with Crippen LogP contribution in [0.15, 0.2) is 18.2 Å². The Morgan fingerprint density at radius 3 is 2.69 bits per heavy atom. The molecular weight excluding hydrogens is 198 g/mol. The number of benzene rings is 1. The Morgan fingerprint density at radius 2 is 2.00 bits per heavy atom. The van der Waals surface area contributed by atoms with Gasteiger partial charge in [-0.1, -0.05) is 32.3 Å².